The van der Waals surface area contributed by atoms with Gasteiger partial charge < -0.3 is 24.6 Å². The number of ether oxygens (including phenoxy) is 2. The van der Waals surface area contributed by atoms with Gasteiger partial charge in [-0.05, 0) is 47.9 Å². The third-order valence-corrected chi connectivity index (χ3v) is 7.54. The van der Waals surface area contributed by atoms with E-state index in [0.717, 1.165) is 39.7 Å². The van der Waals surface area contributed by atoms with Gasteiger partial charge in [0.25, 0.3) is 0 Å². The zero-order chi connectivity index (χ0) is 29.6. The third-order valence-electron chi connectivity index (χ3n) is 7.54. The van der Waals surface area contributed by atoms with Crippen molar-refractivity contribution >= 4 is 45.0 Å². The molecule has 0 bridgehead atoms. The van der Waals surface area contributed by atoms with Crippen molar-refractivity contribution < 1.29 is 19.1 Å². The summed E-state index contributed by atoms with van der Waals surface area (Å²) in [5, 5.41) is 5.69. The number of ketones is 1. The van der Waals surface area contributed by atoms with Crippen LogP contribution in [0.25, 0.3) is 21.7 Å². The largest absolute Gasteiger partial charge is 0.493 e. The van der Waals surface area contributed by atoms with E-state index < -0.39 is 0 Å². The highest BCUT2D eigenvalue weighted by atomic mass is 16.5. The fourth-order valence-electron chi connectivity index (χ4n) is 5.26. The Balaban J connectivity index is 1.05. The lowest BCUT2D eigenvalue weighted by molar-refractivity contribution is 0.104. The summed E-state index contributed by atoms with van der Waals surface area (Å²) in [5.41, 5.74) is 2.62. The number of hydrogen-bond acceptors (Lipinski definition) is 8. The molecule has 10 heteroatoms. The molecule has 0 radical (unpaired) electrons. The first-order valence-electron chi connectivity index (χ1n) is 14.3. The first-order chi connectivity index (χ1) is 21.1. The van der Waals surface area contributed by atoms with Crippen LogP contribution in [0, 0.1) is 0 Å². The van der Waals surface area contributed by atoms with E-state index in [1.54, 1.807) is 55.0 Å². The number of nitrogens with one attached hydrogen (secondary N) is 1. The molecule has 1 fully saturated rings. The summed E-state index contributed by atoms with van der Waals surface area (Å²) in [5.74, 6) is 1.53. The molecule has 2 aromatic heterocycles. The van der Waals surface area contributed by atoms with Crippen LogP contribution < -0.4 is 15.0 Å². The van der Waals surface area contributed by atoms with Crippen LogP contribution in [-0.2, 0) is 4.74 Å². The van der Waals surface area contributed by atoms with E-state index in [1.807, 2.05) is 42.5 Å². The van der Waals surface area contributed by atoms with Gasteiger partial charge in [-0.2, -0.15) is 0 Å². The van der Waals surface area contributed by atoms with E-state index in [0.29, 0.717) is 56.2 Å². The number of methoxy groups -OCH3 is 1. The number of anilines is 2. The van der Waals surface area contributed by atoms with Gasteiger partial charge in [0.15, 0.2) is 5.78 Å². The number of amides is 2. The first-order valence-corrected chi connectivity index (χ1v) is 14.3. The third kappa shape index (κ3) is 6.24. The quantitative estimate of drug-likeness (QED) is 0.189. The summed E-state index contributed by atoms with van der Waals surface area (Å²) in [4.78, 5) is 43.4. The molecular weight excluding hydrogens is 544 g/mol. The lowest BCUT2D eigenvalue weighted by atomic mass is 9.98. The summed E-state index contributed by atoms with van der Waals surface area (Å²) < 4.78 is 10.9. The number of nitrogens with zero attached hydrogens (tertiary/aromatic N) is 5. The SMILES string of the molecule is COCCCOc1ccc2c(N3CCN(C(=O)Nc4ccc(C(=O)c5cccc6cnccc56)cc4)CC3)ncnc2c1. The standard InChI is InChI=1S/C33H32N6O4/c1-42-18-3-19-43-26-10-11-29-30(20-26)35-22-36-32(29)38-14-16-39(17-15-38)33(41)37-25-8-6-23(7-9-25)31(40)28-5-2-4-24-21-34-13-12-27(24)28/h2,4-13,20-22H,3,14-19H2,1H3,(H,37,41). The molecule has 2 amide bonds. The predicted molar refractivity (Wildman–Crippen MR) is 166 cm³/mol. The number of urea groups is 1. The second-order valence-electron chi connectivity index (χ2n) is 10.3. The van der Waals surface area contributed by atoms with Crippen LogP contribution in [0.3, 0.4) is 0 Å². The Morgan fingerprint density at radius 1 is 0.907 bits per heavy atom. The molecule has 0 atom stereocenters. The highest BCUT2D eigenvalue weighted by molar-refractivity contribution is 6.16. The van der Waals surface area contributed by atoms with Gasteiger partial charge in [-0.3, -0.25) is 9.78 Å². The smallest absolute Gasteiger partial charge is 0.321 e. The molecule has 1 N–H and O–H groups in total. The van der Waals surface area contributed by atoms with Gasteiger partial charge >= 0.3 is 6.03 Å². The maximum absolute atomic E-state index is 13.2. The topological polar surface area (TPSA) is 110 Å². The van der Waals surface area contributed by atoms with Crippen molar-refractivity contribution in [3.8, 4) is 5.75 Å². The van der Waals surface area contributed by atoms with Crippen molar-refractivity contribution in [2.24, 2.45) is 0 Å². The van der Waals surface area contributed by atoms with Crippen LogP contribution in [0.4, 0.5) is 16.3 Å². The van der Waals surface area contributed by atoms with Crippen molar-refractivity contribution in [3.05, 3.63) is 96.6 Å². The Bertz CT molecular complexity index is 1750. The van der Waals surface area contributed by atoms with Gasteiger partial charge in [0.1, 0.15) is 17.9 Å². The predicted octanol–water partition coefficient (Wildman–Crippen LogP) is 5.18. The number of piperazine rings is 1. The maximum atomic E-state index is 13.2. The Morgan fingerprint density at radius 2 is 1.74 bits per heavy atom. The van der Waals surface area contributed by atoms with Gasteiger partial charge in [-0.1, -0.05) is 18.2 Å². The molecule has 218 valence electrons. The van der Waals surface area contributed by atoms with Crippen molar-refractivity contribution in [1.82, 2.24) is 19.9 Å². The summed E-state index contributed by atoms with van der Waals surface area (Å²) in [6.07, 6.45) is 5.82. The van der Waals surface area contributed by atoms with Gasteiger partial charge in [0.05, 0.1) is 12.1 Å². The number of hydrogen-bond donors (Lipinski definition) is 1. The number of rotatable bonds is 9. The molecule has 0 unspecified atom stereocenters. The number of benzene rings is 3. The van der Waals surface area contributed by atoms with Crippen molar-refractivity contribution in [2.75, 3.05) is 56.7 Å². The molecule has 1 saturated heterocycles. The molecule has 3 aromatic carbocycles. The fraction of sp³-hybridized carbons (Fsp3) is 0.242. The molecular formula is C33H32N6O4. The van der Waals surface area contributed by atoms with Crippen LogP contribution in [0.2, 0.25) is 0 Å². The summed E-state index contributed by atoms with van der Waals surface area (Å²) in [6.45, 7) is 3.61. The van der Waals surface area contributed by atoms with Crippen molar-refractivity contribution in [2.45, 2.75) is 6.42 Å². The maximum Gasteiger partial charge on any atom is 0.321 e. The molecule has 10 nitrogen and oxygen atoms in total. The molecule has 3 heterocycles. The van der Waals surface area contributed by atoms with Crippen LogP contribution >= 0.6 is 0 Å². The minimum Gasteiger partial charge on any atom is -0.493 e. The van der Waals surface area contributed by atoms with E-state index in [4.69, 9.17) is 9.47 Å². The second-order valence-corrected chi connectivity index (χ2v) is 10.3. The normalized spacial score (nSPS) is 13.3. The molecule has 6 rings (SSSR count). The lowest BCUT2D eigenvalue weighted by Gasteiger charge is -2.35. The Labute approximate surface area is 249 Å². The molecule has 0 saturated carbocycles. The summed E-state index contributed by atoms with van der Waals surface area (Å²) >= 11 is 0. The molecule has 0 spiro atoms. The highest BCUT2D eigenvalue weighted by Gasteiger charge is 2.23. The Morgan fingerprint density at radius 3 is 2.56 bits per heavy atom. The van der Waals surface area contributed by atoms with Gasteiger partial charge in [-0.15, -0.1) is 0 Å². The number of fused-ring (bicyclic) bond motifs is 2. The van der Waals surface area contributed by atoms with E-state index in [2.05, 4.69) is 25.2 Å². The monoisotopic (exact) mass is 576 g/mol. The summed E-state index contributed by atoms with van der Waals surface area (Å²) in [7, 11) is 1.68. The zero-order valence-electron chi connectivity index (χ0n) is 23.9. The summed E-state index contributed by atoms with van der Waals surface area (Å²) in [6, 6.07) is 20.1. The molecule has 5 aromatic rings. The highest BCUT2D eigenvalue weighted by Crippen LogP contribution is 2.27. The number of pyridine rings is 1. The van der Waals surface area contributed by atoms with Crippen LogP contribution in [0.15, 0.2) is 85.5 Å². The number of carbonyl (C=O) groups is 2. The second kappa shape index (κ2) is 12.8. The number of aromatic nitrogens is 3. The zero-order valence-corrected chi connectivity index (χ0v) is 23.9. The van der Waals surface area contributed by atoms with E-state index >= 15 is 0 Å². The molecule has 43 heavy (non-hydrogen) atoms. The van der Waals surface area contributed by atoms with E-state index in [9.17, 15) is 9.59 Å². The Kier molecular flexibility index (Phi) is 8.37. The van der Waals surface area contributed by atoms with Crippen LogP contribution in [0.5, 0.6) is 5.75 Å². The van der Waals surface area contributed by atoms with E-state index in [1.165, 1.54) is 0 Å². The van der Waals surface area contributed by atoms with Gasteiger partial charge in [-0.25, -0.2) is 14.8 Å². The van der Waals surface area contributed by atoms with Crippen LogP contribution in [-0.4, -0.2) is 78.2 Å². The number of carbonyl (C=O) groups excluding carboxylic acids is 2. The first kappa shape index (κ1) is 28.0. The Hall–Kier alpha value is -5.09. The van der Waals surface area contributed by atoms with Gasteiger partial charge in [0, 0.05) is 92.4 Å². The minimum atomic E-state index is -0.178. The molecule has 1 aliphatic heterocycles. The fourth-order valence-corrected chi connectivity index (χ4v) is 5.26. The van der Waals surface area contributed by atoms with Crippen LogP contribution in [0.1, 0.15) is 22.3 Å². The van der Waals surface area contributed by atoms with Gasteiger partial charge in [0.2, 0.25) is 0 Å². The average molecular weight is 577 g/mol. The van der Waals surface area contributed by atoms with E-state index in [-0.39, 0.29) is 11.8 Å². The molecule has 0 aliphatic carbocycles. The average Bonchev–Trinajstić information content (AvgIpc) is 3.06. The lowest BCUT2D eigenvalue weighted by Crippen LogP contribution is -2.50. The minimum absolute atomic E-state index is 0.0751. The molecule has 1 aliphatic rings. The van der Waals surface area contributed by atoms with Crippen molar-refractivity contribution in [1.29, 1.82) is 0 Å². The van der Waals surface area contributed by atoms with Crippen molar-refractivity contribution in [3.63, 3.8) is 0 Å².